The van der Waals surface area contributed by atoms with Gasteiger partial charge >= 0.3 is 0 Å². The second kappa shape index (κ2) is 8.91. The number of hydrogen-bond donors (Lipinski definition) is 2. The van der Waals surface area contributed by atoms with Crippen LogP contribution in [0.4, 0.5) is 5.69 Å². The monoisotopic (exact) mass is 377 g/mol. The third-order valence-corrected chi connectivity index (χ3v) is 6.00. The summed E-state index contributed by atoms with van der Waals surface area (Å²) in [5.41, 5.74) is 11.0. The Bertz CT molecular complexity index is 801. The van der Waals surface area contributed by atoms with E-state index < -0.39 is 0 Å². The fourth-order valence-electron chi connectivity index (χ4n) is 4.28. The average molecular weight is 378 g/mol. The minimum Gasteiger partial charge on any atom is -0.390 e. The summed E-state index contributed by atoms with van der Waals surface area (Å²) in [6.07, 6.45) is 15.3. The summed E-state index contributed by atoms with van der Waals surface area (Å²) in [5, 5.41) is 5.50. The van der Waals surface area contributed by atoms with E-state index in [2.05, 4.69) is 77.3 Å². The van der Waals surface area contributed by atoms with Crippen molar-refractivity contribution in [1.29, 1.82) is 5.41 Å². The Morgan fingerprint density at radius 3 is 2.68 bits per heavy atom. The van der Waals surface area contributed by atoms with E-state index in [1.165, 1.54) is 48.1 Å². The largest absolute Gasteiger partial charge is 0.390 e. The van der Waals surface area contributed by atoms with Crippen LogP contribution in [0.25, 0.3) is 0 Å². The third kappa shape index (κ3) is 4.03. The number of anilines is 1. The van der Waals surface area contributed by atoms with E-state index in [0.717, 1.165) is 26.1 Å². The Balaban J connectivity index is 0.00000109. The Kier molecular flexibility index (Phi) is 6.34. The predicted octanol–water partition coefficient (Wildman–Crippen LogP) is 4.19. The first kappa shape index (κ1) is 19.9. The average Bonchev–Trinajstić information content (AvgIpc) is 2.71. The van der Waals surface area contributed by atoms with Crippen LogP contribution in [0.3, 0.4) is 0 Å². The lowest BCUT2D eigenvalue weighted by Gasteiger charge is -2.43. The molecule has 1 aliphatic carbocycles. The highest BCUT2D eigenvalue weighted by Gasteiger charge is 2.38. The number of rotatable bonds is 5. The number of nitrogens with one attached hydrogen (secondary N) is 1. The summed E-state index contributed by atoms with van der Waals surface area (Å²) >= 11 is 0. The number of nitrogens with two attached hydrogens (primary N) is 1. The zero-order chi connectivity index (χ0) is 20.0. The smallest absolute Gasteiger partial charge is 0.0797 e. The predicted molar refractivity (Wildman–Crippen MR) is 119 cm³/mol. The van der Waals surface area contributed by atoms with Crippen LogP contribution in [0, 0.1) is 5.41 Å². The van der Waals surface area contributed by atoms with Crippen molar-refractivity contribution in [3.05, 3.63) is 65.7 Å². The van der Waals surface area contributed by atoms with Crippen molar-refractivity contribution in [3.8, 4) is 0 Å². The lowest BCUT2D eigenvalue weighted by Crippen LogP contribution is -2.37. The molecule has 5 heteroatoms. The molecule has 0 aromatic heterocycles. The van der Waals surface area contributed by atoms with Gasteiger partial charge in [0, 0.05) is 37.7 Å². The molecule has 5 nitrogen and oxygen atoms in total. The second-order valence-corrected chi connectivity index (χ2v) is 7.64. The standard InChI is InChI=1S/C22H28N4.CH3N/c1-18-6-7-21-16-26(13-12-25(21)15-18)20-5-2-4-19(14-20)22(8-3-9-22)10-11-24-17-23;1-2/h2,4-7,14-17H,3,8-13H2,1H3,(H2,23,24);2H,1H2. The first-order valence-electron chi connectivity index (χ1n) is 9.98. The van der Waals surface area contributed by atoms with Gasteiger partial charge < -0.3 is 20.9 Å². The molecule has 0 atom stereocenters. The molecule has 1 aromatic carbocycles. The molecular weight excluding hydrogens is 346 g/mol. The maximum Gasteiger partial charge on any atom is 0.0797 e. The summed E-state index contributed by atoms with van der Waals surface area (Å²) in [6, 6.07) is 9.13. The Morgan fingerprint density at radius 1 is 1.18 bits per heavy atom. The second-order valence-electron chi connectivity index (χ2n) is 7.64. The van der Waals surface area contributed by atoms with Gasteiger partial charge in [0.05, 0.1) is 12.0 Å². The molecule has 28 heavy (non-hydrogen) atoms. The van der Waals surface area contributed by atoms with E-state index in [9.17, 15) is 0 Å². The van der Waals surface area contributed by atoms with Crippen LogP contribution in [-0.4, -0.2) is 37.6 Å². The maximum absolute atomic E-state index is 5.50. The van der Waals surface area contributed by atoms with Gasteiger partial charge in [-0.15, -0.1) is 0 Å². The highest BCUT2D eigenvalue weighted by atomic mass is 15.2. The summed E-state index contributed by atoms with van der Waals surface area (Å²) in [5.74, 6) is 0. The van der Waals surface area contributed by atoms with Crippen LogP contribution >= 0.6 is 0 Å². The molecule has 3 N–H and O–H groups in total. The van der Waals surface area contributed by atoms with Crippen molar-refractivity contribution in [2.75, 3.05) is 24.5 Å². The normalized spacial score (nSPS) is 19.9. The molecular formula is C23H31N5. The SMILES string of the molecule is C=N.CC1=CN2CCN(c3cccc(C4(CCN=CN)CCC4)c3)C=C2C=C1. The van der Waals surface area contributed by atoms with Gasteiger partial charge in [0.1, 0.15) is 0 Å². The van der Waals surface area contributed by atoms with Crippen LogP contribution in [0.1, 0.15) is 38.2 Å². The molecule has 4 rings (SSSR count). The van der Waals surface area contributed by atoms with Gasteiger partial charge in [0.25, 0.3) is 0 Å². The fraction of sp³-hybridized carbons (Fsp3) is 0.391. The number of allylic oxidation sites excluding steroid dienone is 3. The van der Waals surface area contributed by atoms with Crippen molar-refractivity contribution >= 4 is 18.7 Å². The lowest BCUT2D eigenvalue weighted by molar-refractivity contribution is 0.230. The van der Waals surface area contributed by atoms with E-state index in [1.54, 1.807) is 0 Å². The van der Waals surface area contributed by atoms with E-state index in [1.807, 2.05) is 0 Å². The van der Waals surface area contributed by atoms with Gasteiger partial charge in [-0.25, -0.2) is 0 Å². The van der Waals surface area contributed by atoms with Crippen LogP contribution in [0.2, 0.25) is 0 Å². The molecule has 1 saturated carbocycles. The summed E-state index contributed by atoms with van der Waals surface area (Å²) in [7, 11) is 0. The molecule has 1 fully saturated rings. The Hall–Kier alpha value is -2.82. The van der Waals surface area contributed by atoms with Gasteiger partial charge in [0.2, 0.25) is 0 Å². The topological polar surface area (TPSA) is 68.7 Å². The number of nitrogens with zero attached hydrogens (tertiary/aromatic N) is 3. The van der Waals surface area contributed by atoms with E-state index >= 15 is 0 Å². The molecule has 0 unspecified atom stereocenters. The summed E-state index contributed by atoms with van der Waals surface area (Å²) < 4.78 is 0. The number of fused-ring (bicyclic) bond motifs is 1. The minimum absolute atomic E-state index is 0.294. The highest BCUT2D eigenvalue weighted by Crippen LogP contribution is 2.47. The number of hydrogen-bond acceptors (Lipinski definition) is 4. The number of aliphatic imine (C=N–C) groups is 1. The van der Waals surface area contributed by atoms with Crippen LogP contribution in [0.15, 0.2) is 65.1 Å². The van der Waals surface area contributed by atoms with Gasteiger partial charge in [0.15, 0.2) is 0 Å². The maximum atomic E-state index is 5.50. The number of benzene rings is 1. The van der Waals surface area contributed by atoms with Gasteiger partial charge in [-0.3, -0.25) is 4.99 Å². The molecule has 0 bridgehead atoms. The summed E-state index contributed by atoms with van der Waals surface area (Å²) in [6.45, 7) is 7.50. The van der Waals surface area contributed by atoms with Crippen LogP contribution in [-0.2, 0) is 5.41 Å². The van der Waals surface area contributed by atoms with E-state index in [4.69, 9.17) is 11.1 Å². The van der Waals surface area contributed by atoms with Gasteiger partial charge in [-0.05, 0) is 67.7 Å². The first-order chi connectivity index (χ1) is 13.7. The first-order valence-corrected chi connectivity index (χ1v) is 9.98. The van der Waals surface area contributed by atoms with Crippen molar-refractivity contribution in [2.24, 2.45) is 10.7 Å². The molecule has 2 aliphatic heterocycles. The van der Waals surface area contributed by atoms with Crippen molar-refractivity contribution < 1.29 is 0 Å². The van der Waals surface area contributed by atoms with Gasteiger partial charge in [-0.2, -0.15) is 0 Å². The molecule has 0 saturated heterocycles. The highest BCUT2D eigenvalue weighted by molar-refractivity contribution is 5.55. The zero-order valence-electron chi connectivity index (χ0n) is 16.8. The minimum atomic E-state index is 0.294. The molecule has 1 aromatic rings. The molecule has 0 amide bonds. The molecule has 148 valence electrons. The Morgan fingerprint density at radius 2 is 1.96 bits per heavy atom. The Labute approximate surface area is 168 Å². The zero-order valence-corrected chi connectivity index (χ0v) is 16.8. The molecule has 3 aliphatic rings. The van der Waals surface area contributed by atoms with E-state index in [-0.39, 0.29) is 0 Å². The fourth-order valence-corrected chi connectivity index (χ4v) is 4.28. The van der Waals surface area contributed by atoms with Crippen molar-refractivity contribution in [2.45, 2.75) is 38.0 Å². The van der Waals surface area contributed by atoms with E-state index in [0.29, 0.717) is 5.41 Å². The van der Waals surface area contributed by atoms with Crippen LogP contribution in [0.5, 0.6) is 0 Å². The molecule has 2 heterocycles. The van der Waals surface area contributed by atoms with Crippen molar-refractivity contribution in [3.63, 3.8) is 0 Å². The molecule has 0 spiro atoms. The van der Waals surface area contributed by atoms with Crippen LogP contribution < -0.4 is 10.6 Å². The van der Waals surface area contributed by atoms with Crippen molar-refractivity contribution in [1.82, 2.24) is 4.90 Å². The van der Waals surface area contributed by atoms with Gasteiger partial charge in [-0.1, -0.05) is 24.6 Å². The lowest BCUT2D eigenvalue weighted by atomic mass is 9.62. The molecule has 0 radical (unpaired) electrons. The quantitative estimate of drug-likeness (QED) is 0.597. The summed E-state index contributed by atoms with van der Waals surface area (Å²) in [4.78, 5) is 8.97. The third-order valence-electron chi connectivity index (χ3n) is 6.00.